The molecular formula is C21H25ClN6S. The Labute approximate surface area is 180 Å². The van der Waals surface area contributed by atoms with E-state index in [1.54, 1.807) is 11.3 Å². The zero-order valence-electron chi connectivity index (χ0n) is 16.3. The van der Waals surface area contributed by atoms with E-state index in [2.05, 4.69) is 59.7 Å². The Kier molecular flexibility index (Phi) is 5.52. The Bertz CT molecular complexity index is 928. The molecular weight excluding hydrogens is 404 g/mol. The molecule has 3 aromatic rings. The van der Waals surface area contributed by atoms with Crippen LogP contribution in [-0.4, -0.2) is 51.3 Å². The van der Waals surface area contributed by atoms with E-state index in [4.69, 9.17) is 11.6 Å². The lowest BCUT2D eigenvalue weighted by Crippen LogP contribution is -2.48. The Balaban J connectivity index is 1.39. The lowest BCUT2D eigenvalue weighted by Gasteiger charge is -2.39. The molecule has 0 N–H and O–H groups in total. The van der Waals surface area contributed by atoms with Crippen molar-refractivity contribution >= 4 is 28.6 Å². The molecule has 1 aliphatic heterocycles. The molecule has 5 rings (SSSR count). The van der Waals surface area contributed by atoms with E-state index in [0.29, 0.717) is 6.04 Å². The van der Waals surface area contributed by atoms with Crippen molar-refractivity contribution in [3.63, 3.8) is 0 Å². The number of tetrazole rings is 1. The van der Waals surface area contributed by atoms with Crippen LogP contribution in [0.5, 0.6) is 0 Å². The third-order valence-corrected chi connectivity index (χ3v) is 7.26. The predicted molar refractivity (Wildman–Crippen MR) is 117 cm³/mol. The maximum Gasteiger partial charge on any atom is 0.174 e. The lowest BCUT2D eigenvalue weighted by molar-refractivity contribution is 0.200. The SMILES string of the molecule is Clc1cccc(N2CCN(C(c3cccs3)c3nnnn3C3CCCC3)CC2)c1. The number of aromatic nitrogens is 4. The highest BCUT2D eigenvalue weighted by molar-refractivity contribution is 7.10. The largest absolute Gasteiger partial charge is 0.369 e. The molecule has 1 saturated heterocycles. The monoisotopic (exact) mass is 428 g/mol. The lowest BCUT2D eigenvalue weighted by atomic mass is 10.1. The zero-order chi connectivity index (χ0) is 19.6. The molecule has 3 heterocycles. The fourth-order valence-electron chi connectivity index (χ4n) is 4.62. The zero-order valence-corrected chi connectivity index (χ0v) is 17.9. The van der Waals surface area contributed by atoms with Gasteiger partial charge in [0.2, 0.25) is 0 Å². The molecule has 1 aromatic carbocycles. The first-order valence-electron chi connectivity index (χ1n) is 10.4. The first-order valence-corrected chi connectivity index (χ1v) is 11.6. The first kappa shape index (κ1) is 19.0. The Morgan fingerprint density at radius 1 is 1.03 bits per heavy atom. The van der Waals surface area contributed by atoms with Gasteiger partial charge in [0.05, 0.1) is 6.04 Å². The summed E-state index contributed by atoms with van der Waals surface area (Å²) in [6.45, 7) is 3.86. The number of anilines is 1. The number of rotatable bonds is 5. The second-order valence-corrected chi connectivity index (χ2v) is 9.26. The molecule has 0 spiro atoms. The maximum absolute atomic E-state index is 6.20. The van der Waals surface area contributed by atoms with Crippen LogP contribution in [0.4, 0.5) is 5.69 Å². The number of thiophene rings is 1. The minimum Gasteiger partial charge on any atom is -0.369 e. The van der Waals surface area contributed by atoms with Crippen LogP contribution in [0, 0.1) is 0 Å². The van der Waals surface area contributed by atoms with Crippen molar-refractivity contribution in [3.8, 4) is 0 Å². The van der Waals surface area contributed by atoms with Crippen molar-refractivity contribution in [2.24, 2.45) is 0 Å². The molecule has 2 aromatic heterocycles. The normalized spacial score (nSPS) is 19.7. The van der Waals surface area contributed by atoms with Crippen LogP contribution in [0.25, 0.3) is 0 Å². The average Bonchev–Trinajstić information content (AvgIpc) is 3.51. The summed E-state index contributed by atoms with van der Waals surface area (Å²) in [5.74, 6) is 0.996. The standard InChI is InChI=1S/C21H25ClN6S/c22-16-5-3-8-18(15-16)26-10-12-27(13-11-26)20(19-9-4-14-29-19)21-23-24-25-28(21)17-6-1-2-7-17/h3-5,8-9,14-15,17,20H,1-2,6-7,10-13H2. The molecule has 2 aliphatic rings. The van der Waals surface area contributed by atoms with Crippen molar-refractivity contribution in [1.82, 2.24) is 25.1 Å². The summed E-state index contributed by atoms with van der Waals surface area (Å²) in [6, 6.07) is 13.0. The van der Waals surface area contributed by atoms with E-state index in [9.17, 15) is 0 Å². The Hall–Kier alpha value is -1.96. The van der Waals surface area contributed by atoms with Crippen LogP contribution in [0.15, 0.2) is 41.8 Å². The number of hydrogen-bond donors (Lipinski definition) is 0. The second-order valence-electron chi connectivity index (χ2n) is 7.84. The fraction of sp³-hybridized carbons (Fsp3) is 0.476. The van der Waals surface area contributed by atoms with Crippen LogP contribution in [0.2, 0.25) is 5.02 Å². The minimum atomic E-state index is 0.118. The summed E-state index contributed by atoms with van der Waals surface area (Å²) in [5, 5.41) is 15.9. The number of piperazine rings is 1. The minimum absolute atomic E-state index is 0.118. The van der Waals surface area contributed by atoms with Crippen molar-refractivity contribution in [2.75, 3.05) is 31.1 Å². The molecule has 1 aliphatic carbocycles. The number of benzene rings is 1. The summed E-state index contributed by atoms with van der Waals surface area (Å²) < 4.78 is 2.11. The van der Waals surface area contributed by atoms with Gasteiger partial charge in [0, 0.05) is 41.8 Å². The highest BCUT2D eigenvalue weighted by Gasteiger charge is 2.33. The van der Waals surface area contributed by atoms with Gasteiger partial charge in [-0.05, 0) is 52.9 Å². The second kappa shape index (κ2) is 8.42. The van der Waals surface area contributed by atoms with E-state index < -0.39 is 0 Å². The number of nitrogens with zero attached hydrogens (tertiary/aromatic N) is 6. The average molecular weight is 429 g/mol. The summed E-state index contributed by atoms with van der Waals surface area (Å²) in [7, 11) is 0. The smallest absolute Gasteiger partial charge is 0.174 e. The molecule has 1 saturated carbocycles. The van der Waals surface area contributed by atoms with Crippen molar-refractivity contribution in [2.45, 2.75) is 37.8 Å². The molecule has 0 bridgehead atoms. The van der Waals surface area contributed by atoms with Gasteiger partial charge in [-0.2, -0.15) is 0 Å². The van der Waals surface area contributed by atoms with Gasteiger partial charge in [0.15, 0.2) is 5.82 Å². The molecule has 0 radical (unpaired) electrons. The molecule has 1 atom stereocenters. The summed E-state index contributed by atoms with van der Waals surface area (Å²) in [6.07, 6.45) is 4.90. The van der Waals surface area contributed by atoms with Gasteiger partial charge in [0.1, 0.15) is 6.04 Å². The van der Waals surface area contributed by atoms with Gasteiger partial charge in [-0.1, -0.05) is 36.6 Å². The quantitative estimate of drug-likeness (QED) is 0.602. The van der Waals surface area contributed by atoms with E-state index in [0.717, 1.165) is 37.0 Å². The molecule has 8 heteroatoms. The predicted octanol–water partition coefficient (Wildman–Crippen LogP) is 4.41. The molecule has 0 amide bonds. The third kappa shape index (κ3) is 3.91. The van der Waals surface area contributed by atoms with E-state index in [-0.39, 0.29) is 6.04 Å². The summed E-state index contributed by atoms with van der Waals surface area (Å²) in [4.78, 5) is 6.26. The van der Waals surface area contributed by atoms with Gasteiger partial charge in [-0.3, -0.25) is 4.90 Å². The van der Waals surface area contributed by atoms with Crippen LogP contribution in [0.3, 0.4) is 0 Å². The van der Waals surface area contributed by atoms with Crippen LogP contribution >= 0.6 is 22.9 Å². The topological polar surface area (TPSA) is 50.1 Å². The fourth-order valence-corrected chi connectivity index (χ4v) is 5.66. The third-order valence-electron chi connectivity index (χ3n) is 6.10. The van der Waals surface area contributed by atoms with Crippen LogP contribution in [-0.2, 0) is 0 Å². The molecule has 152 valence electrons. The summed E-state index contributed by atoms with van der Waals surface area (Å²) >= 11 is 7.99. The number of hydrogen-bond acceptors (Lipinski definition) is 6. The highest BCUT2D eigenvalue weighted by Crippen LogP contribution is 2.36. The van der Waals surface area contributed by atoms with Gasteiger partial charge < -0.3 is 4.90 Å². The molecule has 6 nitrogen and oxygen atoms in total. The van der Waals surface area contributed by atoms with Crippen molar-refractivity contribution in [3.05, 3.63) is 57.5 Å². The van der Waals surface area contributed by atoms with Crippen LogP contribution < -0.4 is 4.90 Å². The van der Waals surface area contributed by atoms with E-state index in [1.165, 1.54) is 36.2 Å². The van der Waals surface area contributed by atoms with Gasteiger partial charge >= 0.3 is 0 Å². The molecule has 2 fully saturated rings. The van der Waals surface area contributed by atoms with Crippen molar-refractivity contribution < 1.29 is 0 Å². The van der Waals surface area contributed by atoms with E-state index >= 15 is 0 Å². The van der Waals surface area contributed by atoms with Gasteiger partial charge in [-0.25, -0.2) is 4.68 Å². The molecule has 1 unspecified atom stereocenters. The van der Waals surface area contributed by atoms with Gasteiger partial charge in [0.25, 0.3) is 0 Å². The first-order chi connectivity index (χ1) is 14.3. The maximum atomic E-state index is 6.20. The highest BCUT2D eigenvalue weighted by atomic mass is 35.5. The van der Waals surface area contributed by atoms with Crippen molar-refractivity contribution in [1.29, 1.82) is 0 Å². The van der Waals surface area contributed by atoms with Gasteiger partial charge in [-0.15, -0.1) is 16.4 Å². The Morgan fingerprint density at radius 2 is 1.86 bits per heavy atom. The van der Waals surface area contributed by atoms with E-state index in [1.807, 2.05) is 12.1 Å². The molecule has 29 heavy (non-hydrogen) atoms. The Morgan fingerprint density at radius 3 is 2.59 bits per heavy atom. The number of halogens is 1. The summed E-state index contributed by atoms with van der Waals surface area (Å²) in [5.41, 5.74) is 1.20. The van der Waals surface area contributed by atoms with Crippen LogP contribution in [0.1, 0.15) is 48.5 Å².